The highest BCUT2D eigenvalue weighted by Crippen LogP contribution is 2.25. The van der Waals surface area contributed by atoms with Crippen molar-refractivity contribution >= 4 is 17.5 Å². The molecule has 2 aliphatic heterocycles. The summed E-state index contributed by atoms with van der Waals surface area (Å²) in [6.45, 7) is 11.0. The lowest BCUT2D eigenvalue weighted by Crippen LogP contribution is -2.53. The molecule has 2 aliphatic rings. The van der Waals surface area contributed by atoms with Crippen molar-refractivity contribution in [2.24, 2.45) is 5.92 Å². The first kappa shape index (κ1) is 16.7. The Morgan fingerprint density at radius 1 is 1.22 bits per heavy atom. The first-order valence-electron chi connectivity index (χ1n) is 8.49. The first-order chi connectivity index (χ1) is 11.0. The van der Waals surface area contributed by atoms with E-state index in [-0.39, 0.29) is 5.91 Å². The second-order valence-corrected chi connectivity index (χ2v) is 7.35. The number of nitrogens with zero attached hydrogens (tertiary/aromatic N) is 3. The predicted octanol–water partition coefficient (Wildman–Crippen LogP) is 2.32. The first-order valence-corrected chi connectivity index (χ1v) is 8.87. The summed E-state index contributed by atoms with van der Waals surface area (Å²) in [5, 5.41) is 0.812. The van der Waals surface area contributed by atoms with Gasteiger partial charge >= 0.3 is 0 Å². The topological polar surface area (TPSA) is 26.8 Å². The molecule has 0 aromatic heterocycles. The summed E-state index contributed by atoms with van der Waals surface area (Å²) in [7, 11) is 0. The summed E-state index contributed by atoms with van der Waals surface area (Å²) in [6, 6.07) is 8.76. The van der Waals surface area contributed by atoms with Gasteiger partial charge in [0.15, 0.2) is 0 Å². The average Bonchev–Trinajstić information content (AvgIpc) is 2.88. The molecule has 3 rings (SSSR count). The summed E-state index contributed by atoms with van der Waals surface area (Å²) in [5.41, 5.74) is 1.28. The van der Waals surface area contributed by atoms with Crippen molar-refractivity contribution in [1.82, 2.24) is 14.7 Å². The number of hydrogen-bond acceptors (Lipinski definition) is 3. The molecular weight excluding hydrogens is 310 g/mol. The molecule has 1 aromatic rings. The van der Waals surface area contributed by atoms with Crippen LogP contribution in [0.2, 0.25) is 5.02 Å². The minimum Gasteiger partial charge on any atom is -0.340 e. The molecule has 0 unspecified atom stereocenters. The lowest BCUT2D eigenvalue weighted by Gasteiger charge is -2.39. The molecule has 0 N–H and O–H groups in total. The highest BCUT2D eigenvalue weighted by atomic mass is 35.5. The van der Waals surface area contributed by atoms with E-state index in [9.17, 15) is 4.79 Å². The van der Waals surface area contributed by atoms with Crippen molar-refractivity contribution in [3.8, 4) is 0 Å². The lowest BCUT2D eigenvalue weighted by molar-refractivity contribution is -0.130. The monoisotopic (exact) mass is 335 g/mol. The van der Waals surface area contributed by atoms with Gasteiger partial charge in [-0.3, -0.25) is 14.6 Å². The molecule has 1 aromatic carbocycles. The van der Waals surface area contributed by atoms with Crippen LogP contribution in [0.3, 0.4) is 0 Å². The Bertz CT molecular complexity index is 557. The van der Waals surface area contributed by atoms with E-state index < -0.39 is 0 Å². The fourth-order valence-corrected chi connectivity index (χ4v) is 4.13. The summed E-state index contributed by atoms with van der Waals surface area (Å²) < 4.78 is 0. The van der Waals surface area contributed by atoms with Crippen LogP contribution in [0, 0.1) is 5.92 Å². The van der Waals surface area contributed by atoms with Crippen molar-refractivity contribution in [1.29, 1.82) is 0 Å². The van der Waals surface area contributed by atoms with Gasteiger partial charge < -0.3 is 4.90 Å². The van der Waals surface area contributed by atoms with Gasteiger partial charge in [0.1, 0.15) is 0 Å². The highest BCUT2D eigenvalue weighted by molar-refractivity contribution is 6.30. The normalized spacial score (nSPS) is 26.7. The van der Waals surface area contributed by atoms with Crippen LogP contribution in [-0.4, -0.2) is 65.9 Å². The molecule has 2 fully saturated rings. The van der Waals surface area contributed by atoms with E-state index >= 15 is 0 Å². The third-order valence-electron chi connectivity index (χ3n) is 5.17. The Balaban J connectivity index is 1.55. The predicted molar refractivity (Wildman–Crippen MR) is 93.5 cm³/mol. The van der Waals surface area contributed by atoms with E-state index in [1.165, 1.54) is 5.56 Å². The number of halogens is 1. The Morgan fingerprint density at radius 2 is 1.96 bits per heavy atom. The third-order valence-corrected chi connectivity index (χ3v) is 5.41. The van der Waals surface area contributed by atoms with Crippen LogP contribution in [0.1, 0.15) is 19.4 Å². The molecule has 2 heterocycles. The van der Waals surface area contributed by atoms with Gasteiger partial charge in [-0.05, 0) is 23.6 Å². The molecule has 1 amide bonds. The molecule has 0 saturated carbocycles. The van der Waals surface area contributed by atoms with E-state index in [1.807, 2.05) is 17.0 Å². The van der Waals surface area contributed by atoms with Gasteiger partial charge in [-0.2, -0.15) is 0 Å². The van der Waals surface area contributed by atoms with Gasteiger partial charge in [0, 0.05) is 63.8 Å². The molecule has 4 nitrogen and oxygen atoms in total. The molecule has 0 bridgehead atoms. The molecular formula is C18H26ClN3O. The Labute approximate surface area is 144 Å². The van der Waals surface area contributed by atoms with Crippen LogP contribution < -0.4 is 0 Å². The summed E-state index contributed by atoms with van der Waals surface area (Å²) in [4.78, 5) is 18.5. The van der Waals surface area contributed by atoms with Gasteiger partial charge in [-0.15, -0.1) is 0 Å². The molecule has 0 radical (unpaired) electrons. The Hall–Kier alpha value is -1.10. The SMILES string of the molecule is CC(=O)N1CCN([C@H]2CN(Cc3cccc(Cl)c3)C[C@H]2C)CC1. The molecule has 5 heteroatoms. The van der Waals surface area contributed by atoms with E-state index in [0.29, 0.717) is 12.0 Å². The number of rotatable bonds is 3. The zero-order valence-electron chi connectivity index (χ0n) is 14.0. The Morgan fingerprint density at radius 3 is 2.61 bits per heavy atom. The zero-order chi connectivity index (χ0) is 16.4. The number of carbonyl (C=O) groups excluding carboxylic acids is 1. The van der Waals surface area contributed by atoms with E-state index in [0.717, 1.165) is 50.8 Å². The van der Waals surface area contributed by atoms with E-state index in [2.05, 4.69) is 28.9 Å². The second kappa shape index (κ2) is 7.20. The van der Waals surface area contributed by atoms with E-state index in [1.54, 1.807) is 6.92 Å². The number of piperazine rings is 1. The van der Waals surface area contributed by atoms with Crippen molar-refractivity contribution in [3.63, 3.8) is 0 Å². The van der Waals surface area contributed by atoms with Crippen LogP contribution >= 0.6 is 11.6 Å². The minimum absolute atomic E-state index is 0.201. The van der Waals surface area contributed by atoms with Crippen LogP contribution in [-0.2, 0) is 11.3 Å². The number of amides is 1. The maximum atomic E-state index is 11.5. The quantitative estimate of drug-likeness (QED) is 0.848. The maximum absolute atomic E-state index is 11.5. The standard InChI is InChI=1S/C18H26ClN3O/c1-14-11-20(12-16-4-3-5-17(19)10-16)13-18(14)22-8-6-21(7-9-22)15(2)23/h3-5,10,14,18H,6-9,11-13H2,1-2H3/t14-,18+/m1/s1. The van der Waals surface area contributed by atoms with Crippen LogP contribution in [0.5, 0.6) is 0 Å². The number of hydrogen-bond donors (Lipinski definition) is 0. The number of likely N-dealkylation sites (tertiary alicyclic amines) is 1. The van der Waals surface area contributed by atoms with Gasteiger partial charge in [-0.25, -0.2) is 0 Å². The van der Waals surface area contributed by atoms with Gasteiger partial charge in [0.05, 0.1) is 0 Å². The largest absolute Gasteiger partial charge is 0.340 e. The molecule has 23 heavy (non-hydrogen) atoms. The lowest BCUT2D eigenvalue weighted by atomic mass is 10.0. The summed E-state index contributed by atoms with van der Waals surface area (Å²) in [6.07, 6.45) is 0. The fourth-order valence-electron chi connectivity index (χ4n) is 3.91. The third kappa shape index (κ3) is 4.06. The van der Waals surface area contributed by atoms with Gasteiger partial charge in [-0.1, -0.05) is 30.7 Å². The van der Waals surface area contributed by atoms with Crippen molar-refractivity contribution < 1.29 is 4.79 Å². The van der Waals surface area contributed by atoms with Crippen LogP contribution in [0.15, 0.2) is 24.3 Å². The second-order valence-electron chi connectivity index (χ2n) is 6.91. The van der Waals surface area contributed by atoms with Crippen molar-refractivity contribution in [3.05, 3.63) is 34.9 Å². The minimum atomic E-state index is 0.201. The average molecular weight is 336 g/mol. The number of carbonyl (C=O) groups is 1. The van der Waals surface area contributed by atoms with Crippen LogP contribution in [0.4, 0.5) is 0 Å². The smallest absolute Gasteiger partial charge is 0.219 e. The number of benzene rings is 1. The molecule has 2 saturated heterocycles. The zero-order valence-corrected chi connectivity index (χ0v) is 14.8. The van der Waals surface area contributed by atoms with Crippen molar-refractivity contribution in [2.45, 2.75) is 26.4 Å². The van der Waals surface area contributed by atoms with Crippen LogP contribution in [0.25, 0.3) is 0 Å². The molecule has 0 aliphatic carbocycles. The fraction of sp³-hybridized carbons (Fsp3) is 0.611. The van der Waals surface area contributed by atoms with Gasteiger partial charge in [0.2, 0.25) is 5.91 Å². The maximum Gasteiger partial charge on any atom is 0.219 e. The Kier molecular flexibility index (Phi) is 5.24. The molecule has 126 valence electrons. The van der Waals surface area contributed by atoms with Gasteiger partial charge in [0.25, 0.3) is 0 Å². The molecule has 2 atom stereocenters. The molecule has 0 spiro atoms. The summed E-state index contributed by atoms with van der Waals surface area (Å²) >= 11 is 6.09. The van der Waals surface area contributed by atoms with Crippen molar-refractivity contribution in [2.75, 3.05) is 39.3 Å². The summed E-state index contributed by atoms with van der Waals surface area (Å²) in [5.74, 6) is 0.866. The highest BCUT2D eigenvalue weighted by Gasteiger charge is 2.35. The van der Waals surface area contributed by atoms with E-state index in [4.69, 9.17) is 11.6 Å².